The predicted octanol–water partition coefficient (Wildman–Crippen LogP) is 4.27. The van der Waals surface area contributed by atoms with Crippen LogP contribution in [0, 0.1) is 0 Å². The molecule has 5 nitrogen and oxygen atoms in total. The van der Waals surface area contributed by atoms with Crippen LogP contribution in [0.25, 0.3) is 10.9 Å². The third kappa shape index (κ3) is 3.72. The molecule has 1 atom stereocenters. The smallest absolute Gasteiger partial charge is 0.229 e. The van der Waals surface area contributed by atoms with E-state index < -0.39 is 6.10 Å². The molecule has 130 valence electrons. The third-order valence-electron chi connectivity index (χ3n) is 4.27. The molecule has 5 heteroatoms. The second kappa shape index (κ2) is 7.49. The molecule has 2 N–H and O–H groups in total. The van der Waals surface area contributed by atoms with Gasteiger partial charge in [0, 0.05) is 24.2 Å². The Morgan fingerprint density at radius 2 is 1.80 bits per heavy atom. The minimum Gasteiger partial charge on any atom is -0.389 e. The van der Waals surface area contributed by atoms with Crippen LogP contribution >= 0.6 is 0 Å². The molecule has 0 aliphatic rings. The Balaban J connectivity index is 2.03. The lowest BCUT2D eigenvalue weighted by molar-refractivity contribution is 0.199. The fourth-order valence-corrected chi connectivity index (χ4v) is 2.89. The van der Waals surface area contributed by atoms with Crippen LogP contribution in [0.3, 0.4) is 0 Å². The zero-order chi connectivity index (χ0) is 17.8. The molecule has 0 aliphatic carbocycles. The number of aliphatic hydroxyl groups excluding tert-OH is 1. The monoisotopic (exact) mass is 336 g/mol. The van der Waals surface area contributed by atoms with Crippen molar-refractivity contribution >= 4 is 28.4 Å². The summed E-state index contributed by atoms with van der Waals surface area (Å²) in [6.45, 7) is 7.77. The van der Waals surface area contributed by atoms with Crippen molar-refractivity contribution in [3.8, 4) is 0 Å². The number of hydrogen-bond acceptors (Lipinski definition) is 5. The summed E-state index contributed by atoms with van der Waals surface area (Å²) in [5.41, 5.74) is 2.63. The zero-order valence-electron chi connectivity index (χ0n) is 14.9. The highest BCUT2D eigenvalue weighted by molar-refractivity contribution is 5.90. The molecule has 1 aromatic heterocycles. The van der Waals surface area contributed by atoms with Crippen LogP contribution in [0.15, 0.2) is 48.5 Å². The second-order valence-electron chi connectivity index (χ2n) is 5.99. The average Bonchev–Trinajstić information content (AvgIpc) is 2.63. The quantitative estimate of drug-likeness (QED) is 0.704. The molecule has 2 aromatic carbocycles. The zero-order valence-corrected chi connectivity index (χ0v) is 14.9. The van der Waals surface area contributed by atoms with Crippen molar-refractivity contribution in [2.45, 2.75) is 26.9 Å². The lowest BCUT2D eigenvalue weighted by Crippen LogP contribution is -2.23. The summed E-state index contributed by atoms with van der Waals surface area (Å²) in [4.78, 5) is 11.6. The minimum atomic E-state index is -0.509. The van der Waals surface area contributed by atoms with Gasteiger partial charge in [-0.15, -0.1) is 0 Å². The normalized spacial score (nSPS) is 12.2. The maximum absolute atomic E-state index is 9.77. The number of anilines is 3. The first-order chi connectivity index (χ1) is 12.1. The fourth-order valence-electron chi connectivity index (χ4n) is 2.89. The van der Waals surface area contributed by atoms with Crippen LogP contribution in [-0.2, 0) is 0 Å². The van der Waals surface area contributed by atoms with Gasteiger partial charge in [0.05, 0.1) is 11.6 Å². The first-order valence-corrected chi connectivity index (χ1v) is 8.69. The first-order valence-electron chi connectivity index (χ1n) is 8.69. The molecule has 0 saturated heterocycles. The predicted molar refractivity (Wildman–Crippen MR) is 103 cm³/mol. The Morgan fingerprint density at radius 3 is 2.52 bits per heavy atom. The molecule has 0 saturated carbocycles. The number of aliphatic hydroxyl groups is 1. The van der Waals surface area contributed by atoms with E-state index in [9.17, 15) is 5.11 Å². The number of nitrogens with one attached hydrogen (secondary N) is 1. The highest BCUT2D eigenvalue weighted by atomic mass is 16.3. The van der Waals surface area contributed by atoms with Crippen LogP contribution in [0.5, 0.6) is 0 Å². The van der Waals surface area contributed by atoms with Gasteiger partial charge in [0.2, 0.25) is 5.95 Å². The van der Waals surface area contributed by atoms with Crippen molar-refractivity contribution in [3.05, 3.63) is 54.1 Å². The average molecular weight is 336 g/mol. The highest BCUT2D eigenvalue weighted by Crippen LogP contribution is 2.27. The summed E-state index contributed by atoms with van der Waals surface area (Å²) >= 11 is 0. The maximum atomic E-state index is 9.77. The van der Waals surface area contributed by atoms with Crippen LogP contribution in [0.1, 0.15) is 32.4 Å². The number of benzene rings is 2. The molecule has 0 aliphatic heterocycles. The highest BCUT2D eigenvalue weighted by Gasteiger charge is 2.12. The Morgan fingerprint density at radius 1 is 1.04 bits per heavy atom. The maximum Gasteiger partial charge on any atom is 0.229 e. The van der Waals surface area contributed by atoms with Crippen LogP contribution in [0.2, 0.25) is 0 Å². The molecular formula is C20H24N4O. The Kier molecular flexibility index (Phi) is 5.14. The molecule has 3 rings (SSSR count). The van der Waals surface area contributed by atoms with Crippen LogP contribution in [-0.4, -0.2) is 28.2 Å². The standard InChI is InChI=1S/C20H24N4O/c1-4-24(5-2)19-17-11-6-7-12-18(17)22-20(23-19)21-16-10-8-9-15(13-16)14(3)25/h6-14,25H,4-5H2,1-3H3,(H,21,22,23). The van der Waals surface area contributed by atoms with Gasteiger partial charge in [0.15, 0.2) is 0 Å². The molecule has 0 fully saturated rings. The molecule has 1 heterocycles. The second-order valence-corrected chi connectivity index (χ2v) is 5.99. The number of fused-ring (bicyclic) bond motifs is 1. The Hall–Kier alpha value is -2.66. The van der Waals surface area contributed by atoms with Crippen molar-refractivity contribution < 1.29 is 5.11 Å². The number of rotatable bonds is 6. The Bertz CT molecular complexity index is 859. The van der Waals surface area contributed by atoms with E-state index in [1.165, 1.54) is 0 Å². The van der Waals surface area contributed by atoms with Crippen LogP contribution < -0.4 is 10.2 Å². The van der Waals surface area contributed by atoms with Gasteiger partial charge in [-0.2, -0.15) is 4.98 Å². The van der Waals surface area contributed by atoms with E-state index in [2.05, 4.69) is 35.1 Å². The van der Waals surface area contributed by atoms with Gasteiger partial charge >= 0.3 is 0 Å². The van der Waals surface area contributed by atoms with Gasteiger partial charge in [-0.3, -0.25) is 0 Å². The summed E-state index contributed by atoms with van der Waals surface area (Å²) in [6, 6.07) is 15.7. The van der Waals surface area contributed by atoms with Gasteiger partial charge < -0.3 is 15.3 Å². The summed E-state index contributed by atoms with van der Waals surface area (Å²) in [6.07, 6.45) is -0.509. The van der Waals surface area contributed by atoms with Crippen molar-refractivity contribution in [1.29, 1.82) is 0 Å². The lowest BCUT2D eigenvalue weighted by Gasteiger charge is -2.22. The SMILES string of the molecule is CCN(CC)c1nc(Nc2cccc(C(C)O)c2)nc2ccccc12. The minimum absolute atomic E-state index is 0.509. The van der Waals surface area contributed by atoms with Crippen molar-refractivity contribution in [3.63, 3.8) is 0 Å². The van der Waals surface area contributed by atoms with Gasteiger partial charge in [-0.05, 0) is 50.6 Å². The largest absolute Gasteiger partial charge is 0.389 e. The third-order valence-corrected chi connectivity index (χ3v) is 4.27. The van der Waals surface area contributed by atoms with Crippen molar-refractivity contribution in [2.24, 2.45) is 0 Å². The van der Waals surface area contributed by atoms with Gasteiger partial charge in [0.25, 0.3) is 0 Å². The van der Waals surface area contributed by atoms with E-state index in [0.29, 0.717) is 5.95 Å². The van der Waals surface area contributed by atoms with E-state index >= 15 is 0 Å². The molecule has 0 radical (unpaired) electrons. The Labute approximate surface area is 148 Å². The molecule has 1 unspecified atom stereocenters. The number of hydrogen-bond donors (Lipinski definition) is 2. The number of nitrogens with zero attached hydrogens (tertiary/aromatic N) is 3. The van der Waals surface area contributed by atoms with Gasteiger partial charge in [0.1, 0.15) is 5.82 Å². The summed E-state index contributed by atoms with van der Waals surface area (Å²) < 4.78 is 0. The van der Waals surface area contributed by atoms with E-state index in [0.717, 1.165) is 41.1 Å². The number of aromatic nitrogens is 2. The van der Waals surface area contributed by atoms with E-state index in [1.54, 1.807) is 6.92 Å². The summed E-state index contributed by atoms with van der Waals surface area (Å²) in [5, 5.41) is 14.1. The number of para-hydroxylation sites is 1. The molecular weight excluding hydrogens is 312 g/mol. The molecule has 0 bridgehead atoms. The van der Waals surface area contributed by atoms with E-state index in [4.69, 9.17) is 4.98 Å². The van der Waals surface area contributed by atoms with Crippen molar-refractivity contribution in [2.75, 3.05) is 23.3 Å². The summed E-state index contributed by atoms with van der Waals surface area (Å²) in [7, 11) is 0. The van der Waals surface area contributed by atoms with Crippen molar-refractivity contribution in [1.82, 2.24) is 9.97 Å². The first kappa shape index (κ1) is 17.2. The molecule has 0 amide bonds. The molecule has 25 heavy (non-hydrogen) atoms. The molecule has 0 spiro atoms. The summed E-state index contributed by atoms with van der Waals surface area (Å²) in [5.74, 6) is 1.49. The lowest BCUT2D eigenvalue weighted by atomic mass is 10.1. The van der Waals surface area contributed by atoms with Gasteiger partial charge in [-0.25, -0.2) is 4.98 Å². The molecule has 3 aromatic rings. The van der Waals surface area contributed by atoms with Crippen LogP contribution in [0.4, 0.5) is 17.5 Å². The van der Waals surface area contributed by atoms with Gasteiger partial charge in [-0.1, -0.05) is 24.3 Å². The topological polar surface area (TPSA) is 61.3 Å². The fraction of sp³-hybridized carbons (Fsp3) is 0.300. The van der Waals surface area contributed by atoms with E-state index in [-0.39, 0.29) is 0 Å². The van der Waals surface area contributed by atoms with E-state index in [1.807, 2.05) is 42.5 Å².